The molecule has 2 aromatic rings. The van der Waals surface area contributed by atoms with Crippen LogP contribution in [0.1, 0.15) is 17.7 Å². The van der Waals surface area contributed by atoms with Crippen molar-refractivity contribution in [1.29, 1.82) is 5.26 Å². The Morgan fingerprint density at radius 2 is 2.40 bits per heavy atom. The van der Waals surface area contributed by atoms with E-state index in [1.807, 2.05) is 18.2 Å². The highest BCUT2D eigenvalue weighted by Crippen LogP contribution is 2.19. The lowest BCUT2D eigenvalue weighted by molar-refractivity contribution is 0.106. The number of nitrogens with one attached hydrogen (secondary N) is 1. The molecule has 0 saturated heterocycles. The molecule has 0 unspecified atom stereocenters. The lowest BCUT2D eigenvalue weighted by Crippen LogP contribution is -2.07. The summed E-state index contributed by atoms with van der Waals surface area (Å²) in [6.07, 6.45) is 3.93. The summed E-state index contributed by atoms with van der Waals surface area (Å²) in [4.78, 5) is 4.09. The van der Waals surface area contributed by atoms with E-state index in [1.165, 1.54) is 6.20 Å². The van der Waals surface area contributed by atoms with Crippen LogP contribution in [0.3, 0.4) is 0 Å². The zero-order valence-electron chi connectivity index (χ0n) is 10.8. The number of nitrogens with zero attached hydrogens (tertiary/aromatic N) is 2. The molecule has 2 heterocycles. The SMILES string of the molecule is N#Cc1cnc(NCCCOCc2ccco2)c(Cl)c1. The van der Waals surface area contributed by atoms with Crippen LogP contribution in [0.15, 0.2) is 35.1 Å². The molecule has 0 amide bonds. The average molecular weight is 292 g/mol. The maximum atomic E-state index is 8.71. The van der Waals surface area contributed by atoms with Gasteiger partial charge in [-0.25, -0.2) is 4.98 Å². The summed E-state index contributed by atoms with van der Waals surface area (Å²) in [5.74, 6) is 1.39. The van der Waals surface area contributed by atoms with Crippen LogP contribution in [0.5, 0.6) is 0 Å². The van der Waals surface area contributed by atoms with E-state index < -0.39 is 0 Å². The van der Waals surface area contributed by atoms with Crippen molar-refractivity contribution >= 4 is 17.4 Å². The van der Waals surface area contributed by atoms with Gasteiger partial charge in [-0.3, -0.25) is 0 Å². The Kier molecular flexibility index (Phi) is 5.42. The van der Waals surface area contributed by atoms with Crippen molar-refractivity contribution in [3.8, 4) is 6.07 Å². The molecule has 2 rings (SSSR count). The third-order valence-electron chi connectivity index (χ3n) is 2.55. The molecule has 0 fully saturated rings. The fraction of sp³-hybridized carbons (Fsp3) is 0.286. The molecule has 0 spiro atoms. The highest BCUT2D eigenvalue weighted by atomic mass is 35.5. The Labute approximate surface area is 122 Å². The topological polar surface area (TPSA) is 71.1 Å². The molecule has 20 heavy (non-hydrogen) atoms. The van der Waals surface area contributed by atoms with Crippen LogP contribution < -0.4 is 5.32 Å². The maximum Gasteiger partial charge on any atom is 0.144 e. The van der Waals surface area contributed by atoms with Gasteiger partial charge >= 0.3 is 0 Å². The van der Waals surface area contributed by atoms with Crippen molar-refractivity contribution in [2.75, 3.05) is 18.5 Å². The highest BCUT2D eigenvalue weighted by Gasteiger charge is 2.02. The Balaban J connectivity index is 1.65. The molecule has 0 aromatic carbocycles. The molecule has 0 aliphatic heterocycles. The molecule has 0 aliphatic rings. The van der Waals surface area contributed by atoms with E-state index in [4.69, 9.17) is 26.0 Å². The highest BCUT2D eigenvalue weighted by molar-refractivity contribution is 6.33. The lowest BCUT2D eigenvalue weighted by atomic mass is 10.3. The number of nitriles is 1. The minimum Gasteiger partial charge on any atom is -0.467 e. The summed E-state index contributed by atoms with van der Waals surface area (Å²) in [5.41, 5.74) is 0.447. The van der Waals surface area contributed by atoms with Crippen molar-refractivity contribution in [3.63, 3.8) is 0 Å². The van der Waals surface area contributed by atoms with Crippen molar-refractivity contribution in [2.24, 2.45) is 0 Å². The van der Waals surface area contributed by atoms with E-state index in [2.05, 4.69) is 10.3 Å². The number of halogens is 1. The summed E-state index contributed by atoms with van der Waals surface area (Å²) in [6.45, 7) is 1.78. The van der Waals surface area contributed by atoms with Gasteiger partial charge in [-0.15, -0.1) is 0 Å². The summed E-state index contributed by atoms with van der Waals surface area (Å²) < 4.78 is 10.6. The maximum absolute atomic E-state index is 8.71. The van der Waals surface area contributed by atoms with Gasteiger partial charge in [-0.1, -0.05) is 11.6 Å². The minimum atomic E-state index is 0.445. The molecule has 0 aliphatic carbocycles. The van der Waals surface area contributed by atoms with Crippen molar-refractivity contribution in [2.45, 2.75) is 13.0 Å². The van der Waals surface area contributed by atoms with Crippen molar-refractivity contribution < 1.29 is 9.15 Å². The van der Waals surface area contributed by atoms with E-state index in [9.17, 15) is 0 Å². The first kappa shape index (κ1) is 14.4. The molecular weight excluding hydrogens is 278 g/mol. The summed E-state index contributed by atoms with van der Waals surface area (Å²) in [6, 6.07) is 7.28. The molecule has 0 radical (unpaired) electrons. The molecule has 0 atom stereocenters. The number of hydrogen-bond donors (Lipinski definition) is 1. The Hall–Kier alpha value is -2.03. The predicted molar refractivity (Wildman–Crippen MR) is 75.4 cm³/mol. The van der Waals surface area contributed by atoms with E-state index in [-0.39, 0.29) is 0 Å². The fourth-order valence-electron chi connectivity index (χ4n) is 1.58. The van der Waals surface area contributed by atoms with Gasteiger partial charge in [0.1, 0.15) is 24.3 Å². The van der Waals surface area contributed by atoms with Gasteiger partial charge in [0.25, 0.3) is 0 Å². The zero-order chi connectivity index (χ0) is 14.2. The van der Waals surface area contributed by atoms with Crippen molar-refractivity contribution in [1.82, 2.24) is 4.98 Å². The second-order valence-corrected chi connectivity index (χ2v) is 4.49. The first-order valence-electron chi connectivity index (χ1n) is 6.19. The van der Waals surface area contributed by atoms with E-state index in [0.717, 1.165) is 12.2 Å². The van der Waals surface area contributed by atoms with Crippen LogP contribution >= 0.6 is 11.6 Å². The normalized spacial score (nSPS) is 10.2. The number of ether oxygens (including phenoxy) is 1. The predicted octanol–water partition coefficient (Wildman–Crippen LogP) is 3.22. The molecule has 104 valence electrons. The van der Waals surface area contributed by atoms with Gasteiger partial charge < -0.3 is 14.5 Å². The van der Waals surface area contributed by atoms with Gasteiger partial charge in [0.2, 0.25) is 0 Å². The summed E-state index contributed by atoms with van der Waals surface area (Å²) in [7, 11) is 0. The molecule has 0 bridgehead atoms. The first-order chi connectivity index (χ1) is 9.79. The van der Waals surface area contributed by atoms with Gasteiger partial charge in [0.05, 0.1) is 16.8 Å². The van der Waals surface area contributed by atoms with Gasteiger partial charge in [0.15, 0.2) is 0 Å². The monoisotopic (exact) mass is 291 g/mol. The number of rotatable bonds is 7. The number of anilines is 1. The van der Waals surface area contributed by atoms with Crippen LogP contribution in [0.25, 0.3) is 0 Å². The van der Waals surface area contributed by atoms with Crippen molar-refractivity contribution in [3.05, 3.63) is 47.0 Å². The standard InChI is InChI=1S/C14H14ClN3O2/c15-13-7-11(8-16)9-18-14(13)17-4-2-5-19-10-12-3-1-6-20-12/h1,3,6-7,9H,2,4-5,10H2,(H,17,18). The third-order valence-corrected chi connectivity index (χ3v) is 2.84. The van der Waals surface area contributed by atoms with Crippen LogP contribution in [0, 0.1) is 11.3 Å². The van der Waals surface area contributed by atoms with Crippen LogP contribution in [-0.4, -0.2) is 18.1 Å². The molecule has 5 nitrogen and oxygen atoms in total. The molecule has 6 heteroatoms. The number of aromatic nitrogens is 1. The third kappa shape index (κ3) is 4.26. The Morgan fingerprint density at radius 3 is 3.10 bits per heavy atom. The van der Waals surface area contributed by atoms with E-state index in [1.54, 1.807) is 12.3 Å². The van der Waals surface area contributed by atoms with Crippen LogP contribution in [0.2, 0.25) is 5.02 Å². The Bertz CT molecular complexity index is 579. The second-order valence-electron chi connectivity index (χ2n) is 4.08. The molecule has 0 saturated carbocycles. The molecular formula is C14H14ClN3O2. The largest absolute Gasteiger partial charge is 0.467 e. The van der Waals surface area contributed by atoms with Crippen LogP contribution in [-0.2, 0) is 11.3 Å². The van der Waals surface area contributed by atoms with E-state index in [0.29, 0.717) is 36.2 Å². The quantitative estimate of drug-likeness (QED) is 0.793. The number of furan rings is 1. The molecule has 2 aromatic heterocycles. The summed E-state index contributed by atoms with van der Waals surface area (Å²) in [5, 5.41) is 12.3. The average Bonchev–Trinajstić information content (AvgIpc) is 2.97. The smallest absolute Gasteiger partial charge is 0.144 e. The minimum absolute atomic E-state index is 0.445. The molecule has 1 N–H and O–H groups in total. The number of pyridine rings is 1. The summed E-state index contributed by atoms with van der Waals surface area (Å²) >= 11 is 6.00. The van der Waals surface area contributed by atoms with Gasteiger partial charge in [0, 0.05) is 19.3 Å². The van der Waals surface area contributed by atoms with Gasteiger partial charge in [-0.05, 0) is 24.6 Å². The van der Waals surface area contributed by atoms with Crippen LogP contribution in [0.4, 0.5) is 5.82 Å². The lowest BCUT2D eigenvalue weighted by Gasteiger charge is -2.07. The fourth-order valence-corrected chi connectivity index (χ4v) is 1.81. The zero-order valence-corrected chi connectivity index (χ0v) is 11.6. The van der Waals surface area contributed by atoms with Gasteiger partial charge in [-0.2, -0.15) is 5.26 Å². The van der Waals surface area contributed by atoms with E-state index >= 15 is 0 Å². The first-order valence-corrected chi connectivity index (χ1v) is 6.57. The number of hydrogen-bond acceptors (Lipinski definition) is 5. The Morgan fingerprint density at radius 1 is 1.50 bits per heavy atom. The second kappa shape index (κ2) is 7.53.